The monoisotopic (exact) mass is 377 g/mol. The molecule has 1 aliphatic carbocycles. The Labute approximate surface area is 164 Å². The molecule has 1 N–H and O–H groups in total. The molecular weight excluding hydrogens is 354 g/mol. The normalized spacial score (nSPS) is 21.8. The van der Waals surface area contributed by atoms with Gasteiger partial charge in [-0.2, -0.15) is 0 Å². The molecule has 0 spiro atoms. The maximum absolute atomic E-state index is 13.2. The number of rotatable bonds is 4. The molecule has 0 saturated carbocycles. The number of nitrogens with one attached hydrogen (secondary N) is 1. The number of methoxy groups -OCH3 is 2. The molecule has 5 heteroatoms. The summed E-state index contributed by atoms with van der Waals surface area (Å²) < 4.78 is 10.9. The first-order valence-electron chi connectivity index (χ1n) is 9.43. The van der Waals surface area contributed by atoms with Crippen LogP contribution in [-0.4, -0.2) is 25.9 Å². The molecule has 1 aliphatic heterocycles. The largest absolute Gasteiger partial charge is 0.497 e. The van der Waals surface area contributed by atoms with Crippen molar-refractivity contribution >= 4 is 11.7 Å². The second-order valence-electron chi connectivity index (χ2n) is 7.24. The van der Waals surface area contributed by atoms with Crippen molar-refractivity contribution in [1.29, 1.82) is 0 Å². The van der Waals surface area contributed by atoms with Crippen LogP contribution < -0.4 is 14.8 Å². The first-order valence-corrected chi connectivity index (χ1v) is 9.43. The molecule has 5 nitrogen and oxygen atoms in total. The standard InChI is InChI=1S/C23H23NO4/c1-27-16-8-9-21(28-2)17(12-16)15-10-19-23(20(25)11-15)18(13-22(26)24-19)14-6-4-3-5-7-14/h3-9,12,15,18H,10-11,13H2,1-2H3,(H,24,26)/t15-,18+/m0/s1. The van der Waals surface area contributed by atoms with Crippen molar-refractivity contribution in [3.8, 4) is 11.5 Å². The smallest absolute Gasteiger partial charge is 0.225 e. The minimum Gasteiger partial charge on any atom is -0.497 e. The SMILES string of the molecule is COc1ccc(OC)c([C@@H]2CC(=O)C3=C(C2)NC(=O)C[C@@H]3c2ccccc2)c1. The molecule has 4 rings (SSSR count). The van der Waals surface area contributed by atoms with Crippen LogP contribution in [0.25, 0.3) is 0 Å². The molecule has 0 radical (unpaired) electrons. The van der Waals surface area contributed by atoms with Gasteiger partial charge in [0, 0.05) is 41.5 Å². The molecule has 0 bridgehead atoms. The summed E-state index contributed by atoms with van der Waals surface area (Å²) in [4.78, 5) is 25.5. The van der Waals surface area contributed by atoms with Crippen molar-refractivity contribution in [2.45, 2.75) is 31.1 Å². The van der Waals surface area contributed by atoms with Gasteiger partial charge in [0.05, 0.1) is 14.2 Å². The fourth-order valence-electron chi connectivity index (χ4n) is 4.31. The number of allylic oxidation sites excluding steroid dienone is 2. The first kappa shape index (κ1) is 18.3. The zero-order valence-electron chi connectivity index (χ0n) is 16.0. The van der Waals surface area contributed by atoms with Gasteiger partial charge in [-0.05, 0) is 30.2 Å². The molecule has 28 heavy (non-hydrogen) atoms. The van der Waals surface area contributed by atoms with E-state index < -0.39 is 0 Å². The maximum Gasteiger partial charge on any atom is 0.225 e. The van der Waals surface area contributed by atoms with Crippen molar-refractivity contribution < 1.29 is 19.1 Å². The molecule has 0 fully saturated rings. The topological polar surface area (TPSA) is 64.6 Å². The summed E-state index contributed by atoms with van der Waals surface area (Å²) >= 11 is 0. The van der Waals surface area contributed by atoms with Gasteiger partial charge in [0.2, 0.25) is 5.91 Å². The zero-order valence-corrected chi connectivity index (χ0v) is 16.0. The van der Waals surface area contributed by atoms with E-state index in [-0.39, 0.29) is 23.5 Å². The fraction of sp³-hybridized carbons (Fsp3) is 0.304. The Balaban J connectivity index is 1.73. The van der Waals surface area contributed by atoms with E-state index in [0.29, 0.717) is 19.3 Å². The Morgan fingerprint density at radius 3 is 2.43 bits per heavy atom. The van der Waals surface area contributed by atoms with E-state index in [4.69, 9.17) is 9.47 Å². The van der Waals surface area contributed by atoms with E-state index in [9.17, 15) is 9.59 Å². The summed E-state index contributed by atoms with van der Waals surface area (Å²) in [5.41, 5.74) is 3.44. The highest BCUT2D eigenvalue weighted by molar-refractivity contribution is 6.02. The van der Waals surface area contributed by atoms with E-state index in [2.05, 4.69) is 5.32 Å². The number of hydrogen-bond acceptors (Lipinski definition) is 4. The van der Waals surface area contributed by atoms with Crippen LogP contribution in [-0.2, 0) is 9.59 Å². The van der Waals surface area contributed by atoms with Crippen LogP contribution in [0.2, 0.25) is 0 Å². The Morgan fingerprint density at radius 2 is 1.71 bits per heavy atom. The van der Waals surface area contributed by atoms with Gasteiger partial charge in [-0.3, -0.25) is 9.59 Å². The Morgan fingerprint density at radius 1 is 0.929 bits per heavy atom. The van der Waals surface area contributed by atoms with Gasteiger partial charge in [0.15, 0.2) is 5.78 Å². The molecule has 144 valence electrons. The van der Waals surface area contributed by atoms with Crippen LogP contribution in [0, 0.1) is 0 Å². The van der Waals surface area contributed by atoms with Gasteiger partial charge in [-0.25, -0.2) is 0 Å². The van der Waals surface area contributed by atoms with E-state index in [1.165, 1.54) is 0 Å². The lowest BCUT2D eigenvalue weighted by atomic mass is 9.73. The van der Waals surface area contributed by atoms with Crippen molar-refractivity contribution in [3.05, 3.63) is 70.9 Å². The molecular formula is C23H23NO4. The number of amides is 1. The number of benzene rings is 2. The van der Waals surface area contributed by atoms with Crippen molar-refractivity contribution in [2.75, 3.05) is 14.2 Å². The summed E-state index contributed by atoms with van der Waals surface area (Å²) in [6.07, 6.45) is 1.29. The Bertz CT molecular complexity index is 948. The second-order valence-corrected chi connectivity index (χ2v) is 7.24. The fourth-order valence-corrected chi connectivity index (χ4v) is 4.31. The van der Waals surface area contributed by atoms with Crippen molar-refractivity contribution in [3.63, 3.8) is 0 Å². The zero-order chi connectivity index (χ0) is 19.7. The van der Waals surface area contributed by atoms with Crippen molar-refractivity contribution in [1.82, 2.24) is 5.32 Å². The Hall–Kier alpha value is -3.08. The molecule has 2 aromatic rings. The van der Waals surface area contributed by atoms with Gasteiger partial charge < -0.3 is 14.8 Å². The van der Waals surface area contributed by atoms with Crippen LogP contribution in [0.5, 0.6) is 11.5 Å². The van der Waals surface area contributed by atoms with Crippen LogP contribution in [0.15, 0.2) is 59.8 Å². The van der Waals surface area contributed by atoms with E-state index in [1.807, 2.05) is 48.5 Å². The lowest BCUT2D eigenvalue weighted by molar-refractivity contribution is -0.122. The number of carbonyl (C=O) groups is 2. The number of carbonyl (C=O) groups excluding carboxylic acids is 2. The summed E-state index contributed by atoms with van der Waals surface area (Å²) in [6, 6.07) is 15.4. The lowest BCUT2D eigenvalue weighted by Crippen LogP contribution is -2.38. The second kappa shape index (κ2) is 7.50. The number of hydrogen-bond donors (Lipinski definition) is 1. The molecule has 1 amide bonds. The van der Waals surface area contributed by atoms with Gasteiger partial charge in [-0.15, -0.1) is 0 Å². The maximum atomic E-state index is 13.2. The van der Waals surface area contributed by atoms with E-state index in [1.54, 1.807) is 14.2 Å². The van der Waals surface area contributed by atoms with E-state index in [0.717, 1.165) is 33.9 Å². The summed E-state index contributed by atoms with van der Waals surface area (Å²) in [5.74, 6) is 1.25. The lowest BCUT2D eigenvalue weighted by Gasteiger charge is -2.34. The number of Topliss-reactive ketones (excluding diaryl/α,β-unsaturated/α-hetero) is 1. The molecule has 2 atom stereocenters. The van der Waals surface area contributed by atoms with Gasteiger partial charge >= 0.3 is 0 Å². The number of ether oxygens (including phenoxy) is 2. The highest BCUT2D eigenvalue weighted by atomic mass is 16.5. The molecule has 0 aromatic heterocycles. The molecule has 2 aliphatic rings. The van der Waals surface area contributed by atoms with Crippen LogP contribution in [0.4, 0.5) is 0 Å². The van der Waals surface area contributed by atoms with Crippen LogP contribution >= 0.6 is 0 Å². The van der Waals surface area contributed by atoms with E-state index >= 15 is 0 Å². The summed E-state index contributed by atoms with van der Waals surface area (Å²) in [7, 11) is 3.23. The molecule has 2 aromatic carbocycles. The first-order chi connectivity index (χ1) is 13.6. The quantitative estimate of drug-likeness (QED) is 0.882. The third-order valence-electron chi connectivity index (χ3n) is 5.61. The number of ketones is 1. The minimum atomic E-state index is -0.175. The average molecular weight is 377 g/mol. The highest BCUT2D eigenvalue weighted by Gasteiger charge is 2.38. The summed E-state index contributed by atoms with van der Waals surface area (Å²) in [6.45, 7) is 0. The predicted octanol–water partition coefficient (Wildman–Crippen LogP) is 3.71. The predicted molar refractivity (Wildman–Crippen MR) is 105 cm³/mol. The summed E-state index contributed by atoms with van der Waals surface area (Å²) in [5, 5.41) is 2.96. The van der Waals surface area contributed by atoms with Gasteiger partial charge in [0.1, 0.15) is 11.5 Å². The third-order valence-corrected chi connectivity index (χ3v) is 5.61. The Kier molecular flexibility index (Phi) is 4.90. The van der Waals surface area contributed by atoms with Gasteiger partial charge in [0.25, 0.3) is 0 Å². The van der Waals surface area contributed by atoms with Gasteiger partial charge in [-0.1, -0.05) is 30.3 Å². The minimum absolute atomic E-state index is 0.0429. The van der Waals surface area contributed by atoms with Crippen molar-refractivity contribution in [2.24, 2.45) is 0 Å². The van der Waals surface area contributed by atoms with Crippen LogP contribution in [0.1, 0.15) is 42.2 Å². The third kappa shape index (κ3) is 3.28. The average Bonchev–Trinajstić information content (AvgIpc) is 2.72. The molecule has 1 heterocycles. The molecule has 0 unspecified atom stereocenters. The highest BCUT2D eigenvalue weighted by Crippen LogP contribution is 2.44. The molecule has 0 saturated heterocycles. The van der Waals surface area contributed by atoms with Crippen LogP contribution in [0.3, 0.4) is 0 Å².